The first-order valence-electron chi connectivity index (χ1n) is 5.46. The summed E-state index contributed by atoms with van der Waals surface area (Å²) >= 11 is 0. The van der Waals surface area contributed by atoms with Crippen molar-refractivity contribution in [1.29, 1.82) is 0 Å². The van der Waals surface area contributed by atoms with Crippen molar-refractivity contribution in [2.45, 2.75) is 19.8 Å². The van der Waals surface area contributed by atoms with Gasteiger partial charge in [-0.05, 0) is 31.4 Å². The van der Waals surface area contributed by atoms with Crippen molar-refractivity contribution in [3.8, 4) is 0 Å². The second-order valence-corrected chi connectivity index (χ2v) is 3.85. The van der Waals surface area contributed by atoms with Gasteiger partial charge in [-0.3, -0.25) is 15.6 Å². The molecule has 5 nitrogen and oxygen atoms in total. The lowest BCUT2D eigenvalue weighted by Gasteiger charge is -2.11. The molecule has 4 N–H and O–H groups in total. The number of nitrogens with two attached hydrogens (primary N) is 1. The summed E-state index contributed by atoms with van der Waals surface area (Å²) < 4.78 is 0. The average molecular weight is 234 g/mol. The smallest absolute Gasteiger partial charge is 0.252 e. The summed E-state index contributed by atoms with van der Waals surface area (Å²) in [6.07, 6.45) is 3.40. The lowest BCUT2D eigenvalue weighted by molar-refractivity contribution is -0.119. The molecule has 1 aromatic heterocycles. The standard InChI is InChI=1S/C12H18N4O/c1-9(2)5-6-10-4-3-7-14-12(10)16-15-11(17)8-13/h3-4,7H,1,5-6,8,13H2,2H3,(H,14,16)(H,15,17). The number of amides is 1. The fraction of sp³-hybridized carbons (Fsp3) is 0.333. The molecule has 0 radical (unpaired) electrons. The molecule has 0 aromatic carbocycles. The zero-order valence-corrected chi connectivity index (χ0v) is 9.99. The second-order valence-electron chi connectivity index (χ2n) is 3.85. The number of nitrogens with one attached hydrogen (secondary N) is 2. The molecule has 0 saturated carbocycles. The van der Waals surface area contributed by atoms with E-state index in [9.17, 15) is 4.79 Å². The number of hydrogen-bond acceptors (Lipinski definition) is 4. The average Bonchev–Trinajstić information content (AvgIpc) is 2.34. The highest BCUT2D eigenvalue weighted by Crippen LogP contribution is 2.14. The summed E-state index contributed by atoms with van der Waals surface area (Å²) in [5, 5.41) is 0. The number of allylic oxidation sites excluding steroid dienone is 1. The van der Waals surface area contributed by atoms with Gasteiger partial charge in [0.25, 0.3) is 5.91 Å². The number of pyridine rings is 1. The van der Waals surface area contributed by atoms with E-state index in [0.717, 1.165) is 24.0 Å². The Labute approximate surface area is 101 Å². The van der Waals surface area contributed by atoms with Crippen molar-refractivity contribution < 1.29 is 4.79 Å². The predicted molar refractivity (Wildman–Crippen MR) is 68.2 cm³/mol. The number of rotatable bonds is 6. The third kappa shape index (κ3) is 4.65. The van der Waals surface area contributed by atoms with E-state index in [4.69, 9.17) is 5.73 Å². The van der Waals surface area contributed by atoms with E-state index in [1.807, 2.05) is 19.1 Å². The minimum atomic E-state index is -0.276. The predicted octanol–water partition coefficient (Wildman–Crippen LogP) is 0.992. The minimum absolute atomic E-state index is 0.0546. The molecule has 0 bridgehead atoms. The Bertz CT molecular complexity index is 403. The van der Waals surface area contributed by atoms with E-state index in [1.54, 1.807) is 6.20 Å². The molecule has 0 aliphatic rings. The van der Waals surface area contributed by atoms with Gasteiger partial charge in [-0.25, -0.2) is 4.98 Å². The molecule has 0 atom stereocenters. The summed E-state index contributed by atoms with van der Waals surface area (Å²) in [4.78, 5) is 15.2. The normalized spacial score (nSPS) is 9.76. The number of anilines is 1. The molecule has 0 aliphatic heterocycles. The first-order valence-corrected chi connectivity index (χ1v) is 5.46. The highest BCUT2D eigenvalue weighted by atomic mass is 16.2. The molecule has 5 heteroatoms. The molecule has 1 heterocycles. The Morgan fingerprint density at radius 2 is 2.35 bits per heavy atom. The summed E-state index contributed by atoms with van der Waals surface area (Å²) in [6.45, 7) is 5.79. The van der Waals surface area contributed by atoms with Crippen molar-refractivity contribution in [2.24, 2.45) is 5.73 Å². The van der Waals surface area contributed by atoms with Crippen LogP contribution in [0.5, 0.6) is 0 Å². The van der Waals surface area contributed by atoms with Gasteiger partial charge in [0, 0.05) is 6.20 Å². The molecular formula is C12H18N4O. The summed E-state index contributed by atoms with van der Waals surface area (Å²) in [6, 6.07) is 3.83. The number of nitrogens with zero attached hydrogens (tertiary/aromatic N) is 1. The van der Waals surface area contributed by atoms with Gasteiger partial charge in [0.1, 0.15) is 5.82 Å². The van der Waals surface area contributed by atoms with E-state index in [1.165, 1.54) is 0 Å². The zero-order valence-electron chi connectivity index (χ0n) is 9.99. The van der Waals surface area contributed by atoms with Crippen molar-refractivity contribution in [1.82, 2.24) is 10.4 Å². The van der Waals surface area contributed by atoms with Crippen LogP contribution in [0.2, 0.25) is 0 Å². The number of hydrogen-bond donors (Lipinski definition) is 3. The first-order chi connectivity index (χ1) is 8.13. The summed E-state index contributed by atoms with van der Waals surface area (Å²) in [7, 11) is 0. The van der Waals surface area contributed by atoms with Gasteiger partial charge in [-0.1, -0.05) is 11.6 Å². The topological polar surface area (TPSA) is 80.0 Å². The lowest BCUT2D eigenvalue weighted by atomic mass is 10.1. The van der Waals surface area contributed by atoms with E-state index in [0.29, 0.717) is 5.82 Å². The molecule has 17 heavy (non-hydrogen) atoms. The number of carbonyl (C=O) groups excluding carboxylic acids is 1. The Morgan fingerprint density at radius 3 is 3.00 bits per heavy atom. The largest absolute Gasteiger partial charge is 0.322 e. The van der Waals surface area contributed by atoms with Gasteiger partial charge in [-0.15, -0.1) is 6.58 Å². The van der Waals surface area contributed by atoms with Crippen LogP contribution in [0.1, 0.15) is 18.9 Å². The van der Waals surface area contributed by atoms with Crippen LogP contribution >= 0.6 is 0 Å². The van der Waals surface area contributed by atoms with Crippen LogP contribution in [0, 0.1) is 0 Å². The number of carbonyl (C=O) groups is 1. The Hall–Kier alpha value is -1.88. The van der Waals surface area contributed by atoms with E-state index < -0.39 is 0 Å². The number of aryl methyl sites for hydroxylation is 1. The molecule has 1 aromatic rings. The first kappa shape index (κ1) is 13.2. The van der Waals surface area contributed by atoms with Gasteiger partial charge in [0.15, 0.2) is 0 Å². The van der Waals surface area contributed by atoms with Crippen molar-refractivity contribution in [3.63, 3.8) is 0 Å². The molecule has 0 saturated heterocycles. The van der Waals surface area contributed by atoms with Crippen LogP contribution in [0.4, 0.5) is 5.82 Å². The fourth-order valence-electron chi connectivity index (χ4n) is 1.28. The van der Waals surface area contributed by atoms with Crippen molar-refractivity contribution in [3.05, 3.63) is 36.0 Å². The second kappa shape index (κ2) is 6.65. The van der Waals surface area contributed by atoms with E-state index >= 15 is 0 Å². The van der Waals surface area contributed by atoms with Crippen molar-refractivity contribution in [2.75, 3.05) is 12.0 Å². The van der Waals surface area contributed by atoms with Gasteiger partial charge < -0.3 is 5.73 Å². The third-order valence-corrected chi connectivity index (χ3v) is 2.22. The molecule has 1 rings (SSSR count). The van der Waals surface area contributed by atoms with Crippen LogP contribution in [0.25, 0.3) is 0 Å². The van der Waals surface area contributed by atoms with Gasteiger partial charge in [-0.2, -0.15) is 0 Å². The number of aromatic nitrogens is 1. The third-order valence-electron chi connectivity index (χ3n) is 2.22. The maximum absolute atomic E-state index is 11.0. The molecule has 1 amide bonds. The quantitative estimate of drug-likeness (QED) is 0.506. The van der Waals surface area contributed by atoms with Crippen LogP contribution in [-0.4, -0.2) is 17.4 Å². The van der Waals surface area contributed by atoms with Crippen molar-refractivity contribution >= 4 is 11.7 Å². The van der Waals surface area contributed by atoms with Crippen LogP contribution < -0.4 is 16.6 Å². The maximum Gasteiger partial charge on any atom is 0.252 e. The molecule has 92 valence electrons. The van der Waals surface area contributed by atoms with Crippen LogP contribution in [0.3, 0.4) is 0 Å². The Balaban J connectivity index is 2.63. The molecule has 0 unspecified atom stereocenters. The van der Waals surface area contributed by atoms with Gasteiger partial charge in [0.05, 0.1) is 6.54 Å². The Morgan fingerprint density at radius 1 is 1.59 bits per heavy atom. The zero-order chi connectivity index (χ0) is 12.7. The lowest BCUT2D eigenvalue weighted by Crippen LogP contribution is -2.35. The minimum Gasteiger partial charge on any atom is -0.322 e. The van der Waals surface area contributed by atoms with Crippen LogP contribution in [0.15, 0.2) is 30.5 Å². The SMILES string of the molecule is C=C(C)CCc1cccnc1NNC(=O)CN. The number of hydrazine groups is 1. The summed E-state index contributed by atoms with van der Waals surface area (Å²) in [5.74, 6) is 0.372. The van der Waals surface area contributed by atoms with E-state index in [-0.39, 0.29) is 12.5 Å². The van der Waals surface area contributed by atoms with Crippen LogP contribution in [-0.2, 0) is 11.2 Å². The molecular weight excluding hydrogens is 216 g/mol. The molecule has 0 spiro atoms. The van der Waals surface area contributed by atoms with Gasteiger partial charge >= 0.3 is 0 Å². The maximum atomic E-state index is 11.0. The molecule has 0 fully saturated rings. The monoisotopic (exact) mass is 234 g/mol. The van der Waals surface area contributed by atoms with Gasteiger partial charge in [0.2, 0.25) is 0 Å². The fourth-order valence-corrected chi connectivity index (χ4v) is 1.28. The molecule has 0 aliphatic carbocycles. The highest BCUT2D eigenvalue weighted by molar-refractivity contribution is 5.79. The summed E-state index contributed by atoms with van der Waals surface area (Å²) in [5.41, 5.74) is 12.6. The highest BCUT2D eigenvalue weighted by Gasteiger charge is 2.04. The van der Waals surface area contributed by atoms with E-state index in [2.05, 4.69) is 22.4 Å². The Kier molecular flexibility index (Phi) is 5.16.